The molecule has 0 spiro atoms. The van der Waals surface area contributed by atoms with E-state index >= 15 is 0 Å². The van der Waals surface area contributed by atoms with Gasteiger partial charge in [-0.2, -0.15) is 0 Å². The number of carbonyl (C=O) groups excluding carboxylic acids is 1. The topological polar surface area (TPSA) is 57.6 Å². The molecule has 102 valence electrons. The van der Waals surface area contributed by atoms with Gasteiger partial charge in [-0.1, -0.05) is 18.2 Å². The van der Waals surface area contributed by atoms with Crippen molar-refractivity contribution in [1.82, 2.24) is 4.90 Å². The minimum atomic E-state index is -0.799. The summed E-state index contributed by atoms with van der Waals surface area (Å²) < 4.78 is 1.07. The molecule has 1 aliphatic rings. The maximum Gasteiger partial charge on any atom is 0.308 e. The number of likely N-dealkylation sites (tertiary alicyclic amines) is 1. The second kappa shape index (κ2) is 6.36. The molecule has 1 atom stereocenters. The third-order valence-corrected chi connectivity index (χ3v) is 4.48. The molecule has 19 heavy (non-hydrogen) atoms. The van der Waals surface area contributed by atoms with Crippen molar-refractivity contribution in [2.24, 2.45) is 5.92 Å². The molecule has 5 heteroatoms. The highest BCUT2D eigenvalue weighted by molar-refractivity contribution is 14.1. The first-order chi connectivity index (χ1) is 9.08. The molecule has 0 radical (unpaired) electrons. The zero-order valence-corrected chi connectivity index (χ0v) is 12.7. The molecule has 0 aromatic heterocycles. The molecular weight excluding hydrogens is 357 g/mol. The van der Waals surface area contributed by atoms with Crippen molar-refractivity contribution in [3.05, 3.63) is 33.4 Å². The summed E-state index contributed by atoms with van der Waals surface area (Å²) in [5.41, 5.74) is 1.01. The predicted octanol–water partition coefficient (Wildman–Crippen LogP) is 2.16. The Bertz CT molecular complexity index is 489. The molecule has 4 nitrogen and oxygen atoms in total. The lowest BCUT2D eigenvalue weighted by molar-refractivity contribution is -0.145. The van der Waals surface area contributed by atoms with E-state index in [0.717, 1.165) is 15.6 Å². The van der Waals surface area contributed by atoms with Crippen LogP contribution in [0.4, 0.5) is 0 Å². The molecular formula is C14H16INO3. The molecule has 0 saturated carbocycles. The van der Waals surface area contributed by atoms with Crippen molar-refractivity contribution in [3.8, 4) is 0 Å². The normalized spacial score (nSPS) is 19.2. The number of amides is 1. The van der Waals surface area contributed by atoms with Crippen LogP contribution in [0.3, 0.4) is 0 Å². The number of carbonyl (C=O) groups is 2. The molecule has 1 saturated heterocycles. The maximum absolute atomic E-state index is 12.2. The SMILES string of the molecule is O=C(O)C1CCCN(C(=O)Cc2ccccc2I)C1. The number of carboxylic acid groups (broad SMARTS) is 1. The minimum Gasteiger partial charge on any atom is -0.481 e. The van der Waals surface area contributed by atoms with Crippen LogP contribution in [0.2, 0.25) is 0 Å². The number of carboxylic acids is 1. The Morgan fingerprint density at radius 1 is 1.37 bits per heavy atom. The number of halogens is 1. The summed E-state index contributed by atoms with van der Waals surface area (Å²) >= 11 is 2.21. The Balaban J connectivity index is 2.00. The van der Waals surface area contributed by atoms with Gasteiger partial charge in [0.2, 0.25) is 5.91 Å². The average molecular weight is 373 g/mol. The van der Waals surface area contributed by atoms with E-state index in [-0.39, 0.29) is 5.91 Å². The van der Waals surface area contributed by atoms with E-state index in [0.29, 0.717) is 25.9 Å². The van der Waals surface area contributed by atoms with Gasteiger partial charge in [-0.15, -0.1) is 0 Å². The van der Waals surface area contributed by atoms with Gasteiger partial charge in [0.25, 0.3) is 0 Å². The van der Waals surface area contributed by atoms with Gasteiger partial charge in [-0.25, -0.2) is 0 Å². The van der Waals surface area contributed by atoms with Crippen LogP contribution >= 0.6 is 22.6 Å². The molecule has 1 amide bonds. The van der Waals surface area contributed by atoms with E-state index < -0.39 is 11.9 Å². The van der Waals surface area contributed by atoms with E-state index in [9.17, 15) is 9.59 Å². The van der Waals surface area contributed by atoms with Gasteiger partial charge in [0.1, 0.15) is 0 Å². The highest BCUT2D eigenvalue weighted by Crippen LogP contribution is 2.19. The van der Waals surface area contributed by atoms with E-state index in [1.807, 2.05) is 24.3 Å². The Morgan fingerprint density at radius 3 is 2.79 bits per heavy atom. The molecule has 1 aromatic rings. The first kappa shape index (κ1) is 14.3. The lowest BCUT2D eigenvalue weighted by Crippen LogP contribution is -2.43. The van der Waals surface area contributed by atoms with E-state index in [1.165, 1.54) is 0 Å². The average Bonchev–Trinajstić information content (AvgIpc) is 2.41. The van der Waals surface area contributed by atoms with Gasteiger partial charge < -0.3 is 10.0 Å². The third-order valence-electron chi connectivity index (χ3n) is 3.42. The zero-order valence-electron chi connectivity index (χ0n) is 10.5. The number of aliphatic carboxylic acids is 1. The lowest BCUT2D eigenvalue weighted by Gasteiger charge is -2.30. The summed E-state index contributed by atoms with van der Waals surface area (Å²) in [5.74, 6) is -1.19. The van der Waals surface area contributed by atoms with Crippen LogP contribution in [0.5, 0.6) is 0 Å². The van der Waals surface area contributed by atoms with E-state index in [1.54, 1.807) is 4.90 Å². The van der Waals surface area contributed by atoms with Crippen molar-refractivity contribution < 1.29 is 14.7 Å². The summed E-state index contributed by atoms with van der Waals surface area (Å²) in [6.45, 7) is 1.02. The summed E-state index contributed by atoms with van der Waals surface area (Å²) in [4.78, 5) is 24.9. The van der Waals surface area contributed by atoms with Crippen LogP contribution in [-0.4, -0.2) is 35.0 Å². The number of rotatable bonds is 3. The third kappa shape index (κ3) is 3.68. The first-order valence-electron chi connectivity index (χ1n) is 6.32. The number of benzene rings is 1. The second-order valence-electron chi connectivity index (χ2n) is 4.79. The Hall–Kier alpha value is -1.11. The highest BCUT2D eigenvalue weighted by Gasteiger charge is 2.28. The maximum atomic E-state index is 12.2. The quantitative estimate of drug-likeness (QED) is 0.827. The molecule has 1 unspecified atom stereocenters. The molecule has 0 aliphatic carbocycles. The minimum absolute atomic E-state index is 0.0232. The first-order valence-corrected chi connectivity index (χ1v) is 7.40. The van der Waals surface area contributed by atoms with Crippen molar-refractivity contribution in [2.45, 2.75) is 19.3 Å². The zero-order chi connectivity index (χ0) is 13.8. The fourth-order valence-corrected chi connectivity index (χ4v) is 2.90. The lowest BCUT2D eigenvalue weighted by atomic mass is 9.97. The smallest absolute Gasteiger partial charge is 0.308 e. The molecule has 2 rings (SSSR count). The number of hydrogen-bond donors (Lipinski definition) is 1. The fraction of sp³-hybridized carbons (Fsp3) is 0.429. The monoisotopic (exact) mass is 373 g/mol. The molecule has 1 aliphatic heterocycles. The Kier molecular flexibility index (Phi) is 4.79. The van der Waals surface area contributed by atoms with Crippen molar-refractivity contribution in [1.29, 1.82) is 0 Å². The molecule has 0 bridgehead atoms. The molecule has 1 heterocycles. The van der Waals surface area contributed by atoms with Crippen molar-refractivity contribution in [2.75, 3.05) is 13.1 Å². The molecule has 1 N–H and O–H groups in total. The molecule has 1 fully saturated rings. The van der Waals surface area contributed by atoms with Crippen LogP contribution in [0.15, 0.2) is 24.3 Å². The standard InChI is InChI=1S/C14H16INO3/c15-12-6-2-1-4-10(12)8-13(17)16-7-3-5-11(9-16)14(18)19/h1-2,4,6,11H,3,5,7-9H2,(H,18,19). The predicted molar refractivity (Wildman–Crippen MR) is 79.8 cm³/mol. The Labute approximate surface area is 125 Å². The largest absolute Gasteiger partial charge is 0.481 e. The summed E-state index contributed by atoms with van der Waals surface area (Å²) in [6.07, 6.45) is 1.79. The van der Waals surface area contributed by atoms with Crippen LogP contribution in [0, 0.1) is 9.49 Å². The summed E-state index contributed by atoms with van der Waals surface area (Å²) in [5, 5.41) is 9.03. The Morgan fingerprint density at radius 2 is 2.11 bits per heavy atom. The van der Waals surface area contributed by atoms with Gasteiger partial charge >= 0.3 is 5.97 Å². The van der Waals surface area contributed by atoms with Gasteiger partial charge in [-0.05, 0) is 47.1 Å². The van der Waals surface area contributed by atoms with Crippen LogP contribution in [0.25, 0.3) is 0 Å². The summed E-state index contributed by atoms with van der Waals surface area (Å²) in [7, 11) is 0. The number of hydrogen-bond acceptors (Lipinski definition) is 2. The van der Waals surface area contributed by atoms with Crippen molar-refractivity contribution in [3.63, 3.8) is 0 Å². The van der Waals surface area contributed by atoms with Gasteiger partial charge in [0.15, 0.2) is 0 Å². The highest BCUT2D eigenvalue weighted by atomic mass is 127. The molecule has 1 aromatic carbocycles. The second-order valence-corrected chi connectivity index (χ2v) is 5.95. The van der Waals surface area contributed by atoms with Crippen molar-refractivity contribution >= 4 is 34.5 Å². The van der Waals surface area contributed by atoms with Crippen LogP contribution in [-0.2, 0) is 16.0 Å². The van der Waals surface area contributed by atoms with E-state index in [2.05, 4.69) is 22.6 Å². The fourth-order valence-electron chi connectivity index (χ4n) is 2.32. The number of piperidine rings is 1. The van der Waals surface area contributed by atoms with Crippen LogP contribution < -0.4 is 0 Å². The number of nitrogens with zero attached hydrogens (tertiary/aromatic N) is 1. The van der Waals surface area contributed by atoms with E-state index in [4.69, 9.17) is 5.11 Å². The van der Waals surface area contributed by atoms with Crippen LogP contribution in [0.1, 0.15) is 18.4 Å². The van der Waals surface area contributed by atoms with Gasteiger partial charge in [0.05, 0.1) is 12.3 Å². The summed E-state index contributed by atoms with van der Waals surface area (Å²) in [6, 6.07) is 7.77. The van der Waals surface area contributed by atoms with Gasteiger partial charge in [0, 0.05) is 16.7 Å². The van der Waals surface area contributed by atoms with Gasteiger partial charge in [-0.3, -0.25) is 9.59 Å².